The van der Waals surface area contributed by atoms with Crippen molar-refractivity contribution in [2.24, 2.45) is 0 Å². The summed E-state index contributed by atoms with van der Waals surface area (Å²) in [5, 5.41) is 2.46. The summed E-state index contributed by atoms with van der Waals surface area (Å²) in [4.78, 5) is 24.5. The predicted molar refractivity (Wildman–Crippen MR) is 121 cm³/mol. The Balaban J connectivity index is 1.80. The first-order valence-corrected chi connectivity index (χ1v) is 11.7. The smallest absolute Gasteiger partial charge is 0.306 e. The lowest BCUT2D eigenvalue weighted by atomic mass is 9.99. The molecule has 3 aromatic carbocycles. The lowest BCUT2D eigenvalue weighted by molar-refractivity contribution is -0.113. The van der Waals surface area contributed by atoms with E-state index in [0.29, 0.717) is 5.56 Å². The Bertz CT molecular complexity index is 1190. The van der Waals surface area contributed by atoms with E-state index < -0.39 is 16.0 Å². The first-order valence-electron chi connectivity index (χ1n) is 9.32. The predicted octanol–water partition coefficient (Wildman–Crippen LogP) is 4.29. The van der Waals surface area contributed by atoms with E-state index in [2.05, 4.69) is 5.32 Å². The average molecular weight is 458 g/mol. The minimum atomic E-state index is -3.82. The molecule has 0 unspecified atom stereocenters. The second kappa shape index (κ2) is 9.76. The molecule has 6 nitrogen and oxygen atoms in total. The third kappa shape index (κ3) is 6.41. The normalized spacial score (nSPS) is 11.0. The van der Waals surface area contributed by atoms with Crippen molar-refractivity contribution in [3.8, 4) is 16.9 Å². The van der Waals surface area contributed by atoms with E-state index in [9.17, 15) is 18.0 Å². The number of anilines is 1. The molecule has 0 aliphatic rings. The summed E-state index contributed by atoms with van der Waals surface area (Å²) < 4.78 is 27.8. The van der Waals surface area contributed by atoms with Gasteiger partial charge in [0.1, 0.15) is 5.88 Å². The Labute approximate surface area is 185 Å². The fraction of sp³-hybridized carbons (Fsp3) is 0.130. The largest absolute Gasteiger partial charge is 0.380 e. The van der Waals surface area contributed by atoms with Crippen LogP contribution in [-0.4, -0.2) is 32.2 Å². The van der Waals surface area contributed by atoms with Gasteiger partial charge in [-0.1, -0.05) is 54.6 Å². The molecular formula is C23H20ClNO5S. The summed E-state index contributed by atoms with van der Waals surface area (Å²) in [6.45, 7) is 0. The van der Waals surface area contributed by atoms with E-state index >= 15 is 0 Å². The highest BCUT2D eigenvalue weighted by molar-refractivity contribution is 7.86. The van der Waals surface area contributed by atoms with Gasteiger partial charge in [0.25, 0.3) is 0 Å². The molecule has 1 amide bonds. The highest BCUT2D eigenvalue weighted by atomic mass is 35.5. The molecule has 8 heteroatoms. The number of carbonyl (C=O) groups excluding carboxylic acids is 2. The van der Waals surface area contributed by atoms with Gasteiger partial charge in [-0.3, -0.25) is 9.59 Å². The van der Waals surface area contributed by atoms with Crippen molar-refractivity contribution in [1.29, 1.82) is 0 Å². The maximum absolute atomic E-state index is 12.8. The van der Waals surface area contributed by atoms with E-state index in [1.165, 1.54) is 18.2 Å². The Morgan fingerprint density at radius 2 is 1.58 bits per heavy atom. The molecule has 0 radical (unpaired) electrons. The van der Waals surface area contributed by atoms with Gasteiger partial charge in [-0.05, 0) is 34.9 Å². The van der Waals surface area contributed by atoms with Crippen molar-refractivity contribution in [2.75, 3.05) is 17.5 Å². The van der Waals surface area contributed by atoms with Gasteiger partial charge < -0.3 is 9.50 Å². The number of nitrogens with one attached hydrogen (secondary N) is 1. The summed E-state index contributed by atoms with van der Waals surface area (Å²) in [6.07, 6.45) is 1.03. The molecule has 1 N–H and O–H groups in total. The topological polar surface area (TPSA) is 89.5 Å². The number of ketones is 1. The third-order valence-corrected chi connectivity index (χ3v) is 5.09. The number of alkyl halides is 1. The van der Waals surface area contributed by atoms with Crippen LogP contribution in [0.2, 0.25) is 0 Å². The first-order chi connectivity index (χ1) is 14.7. The van der Waals surface area contributed by atoms with Crippen molar-refractivity contribution < 1.29 is 22.2 Å². The van der Waals surface area contributed by atoms with Crippen LogP contribution in [0.25, 0.3) is 11.1 Å². The van der Waals surface area contributed by atoms with Crippen LogP contribution in [0.5, 0.6) is 5.75 Å². The van der Waals surface area contributed by atoms with Crippen LogP contribution < -0.4 is 9.50 Å². The number of rotatable bonds is 8. The van der Waals surface area contributed by atoms with Gasteiger partial charge >= 0.3 is 10.1 Å². The summed E-state index contributed by atoms with van der Waals surface area (Å²) in [7, 11) is -3.82. The number of benzene rings is 3. The van der Waals surface area contributed by atoms with Gasteiger partial charge in [-0.15, -0.1) is 11.6 Å². The van der Waals surface area contributed by atoms with Crippen LogP contribution in [0, 0.1) is 0 Å². The zero-order valence-electron chi connectivity index (χ0n) is 16.7. The second-order valence-electron chi connectivity index (χ2n) is 6.84. The van der Waals surface area contributed by atoms with Gasteiger partial charge in [0.05, 0.1) is 11.9 Å². The standard InChI is InChI=1S/C23H20ClNO5S/c1-31(28,29)30-22-12-11-19(14-20(22)25-23(27)15-24)21(26)13-16-7-9-18(10-8-16)17-5-3-2-4-6-17/h2-12,14H,13,15H2,1H3,(H,25,27). The van der Waals surface area contributed by atoms with Gasteiger partial charge in [0.2, 0.25) is 5.91 Å². The Kier molecular flexibility index (Phi) is 7.09. The molecule has 0 aromatic heterocycles. The van der Waals surface area contributed by atoms with Crippen LogP contribution in [0.15, 0.2) is 72.8 Å². The van der Waals surface area contributed by atoms with E-state index in [1.54, 1.807) is 0 Å². The molecule has 0 bridgehead atoms. The summed E-state index contributed by atoms with van der Waals surface area (Å²) in [6, 6.07) is 21.7. The molecule has 0 saturated heterocycles. The molecule has 160 valence electrons. The summed E-state index contributed by atoms with van der Waals surface area (Å²) >= 11 is 5.52. The van der Waals surface area contributed by atoms with E-state index in [-0.39, 0.29) is 29.5 Å². The van der Waals surface area contributed by atoms with Crippen molar-refractivity contribution >= 4 is 39.1 Å². The number of hydrogen-bond donors (Lipinski definition) is 1. The highest BCUT2D eigenvalue weighted by Crippen LogP contribution is 2.28. The van der Waals surface area contributed by atoms with Crippen molar-refractivity contribution in [2.45, 2.75) is 6.42 Å². The molecule has 0 saturated carbocycles. The lowest BCUT2D eigenvalue weighted by Gasteiger charge is -2.12. The molecule has 31 heavy (non-hydrogen) atoms. The number of hydrogen-bond acceptors (Lipinski definition) is 5. The Morgan fingerprint density at radius 3 is 2.19 bits per heavy atom. The summed E-state index contributed by atoms with van der Waals surface area (Å²) in [5.74, 6) is -1.17. The van der Waals surface area contributed by atoms with E-state index in [1.807, 2.05) is 54.6 Å². The van der Waals surface area contributed by atoms with Crippen LogP contribution in [0.3, 0.4) is 0 Å². The fourth-order valence-corrected chi connectivity index (χ4v) is 3.49. The molecule has 0 heterocycles. The minimum absolute atomic E-state index is 0.0568. The Morgan fingerprint density at radius 1 is 0.935 bits per heavy atom. The monoisotopic (exact) mass is 457 g/mol. The molecule has 0 fully saturated rings. The first kappa shape index (κ1) is 22.5. The van der Waals surface area contributed by atoms with Gasteiger partial charge in [-0.25, -0.2) is 0 Å². The number of amides is 1. The SMILES string of the molecule is CS(=O)(=O)Oc1ccc(C(=O)Cc2ccc(-c3ccccc3)cc2)cc1NC(=O)CCl. The third-order valence-electron chi connectivity index (χ3n) is 4.36. The maximum atomic E-state index is 12.8. The van der Waals surface area contributed by atoms with Crippen LogP contribution in [0.1, 0.15) is 15.9 Å². The van der Waals surface area contributed by atoms with E-state index in [0.717, 1.165) is 22.9 Å². The maximum Gasteiger partial charge on any atom is 0.306 e. The van der Waals surface area contributed by atoms with Crippen molar-refractivity contribution in [1.82, 2.24) is 0 Å². The molecule has 3 rings (SSSR count). The molecule has 3 aromatic rings. The van der Waals surface area contributed by atoms with Crippen molar-refractivity contribution in [3.63, 3.8) is 0 Å². The highest BCUT2D eigenvalue weighted by Gasteiger charge is 2.16. The van der Waals surface area contributed by atoms with Crippen LogP contribution >= 0.6 is 11.6 Å². The molecular weight excluding hydrogens is 438 g/mol. The number of halogens is 1. The average Bonchev–Trinajstić information content (AvgIpc) is 2.75. The van der Waals surface area contributed by atoms with E-state index in [4.69, 9.17) is 15.8 Å². The molecule has 0 atom stereocenters. The van der Waals surface area contributed by atoms with Crippen LogP contribution in [0.4, 0.5) is 5.69 Å². The fourth-order valence-electron chi connectivity index (χ4n) is 2.95. The number of Topliss-reactive ketones (excluding diaryl/α,β-unsaturated/α-hetero) is 1. The second-order valence-corrected chi connectivity index (χ2v) is 8.69. The number of carbonyl (C=O) groups is 2. The minimum Gasteiger partial charge on any atom is -0.380 e. The molecule has 0 aliphatic carbocycles. The van der Waals surface area contributed by atoms with Gasteiger partial charge in [0.15, 0.2) is 11.5 Å². The Hall–Kier alpha value is -3.16. The molecule has 0 spiro atoms. The lowest BCUT2D eigenvalue weighted by Crippen LogP contribution is -2.16. The molecule has 0 aliphatic heterocycles. The quantitative estimate of drug-likeness (QED) is 0.309. The summed E-state index contributed by atoms with van der Waals surface area (Å²) in [5.41, 5.74) is 3.32. The van der Waals surface area contributed by atoms with Crippen molar-refractivity contribution in [3.05, 3.63) is 83.9 Å². The zero-order valence-corrected chi connectivity index (χ0v) is 18.2. The zero-order chi connectivity index (χ0) is 22.4. The van der Waals surface area contributed by atoms with Crippen LogP contribution in [-0.2, 0) is 21.3 Å². The van der Waals surface area contributed by atoms with Gasteiger partial charge in [-0.2, -0.15) is 8.42 Å². The van der Waals surface area contributed by atoms with Gasteiger partial charge in [0, 0.05) is 12.0 Å².